The van der Waals surface area contributed by atoms with Gasteiger partial charge in [-0.2, -0.15) is 0 Å². The number of carbonyl (C=O) groups excluding carboxylic acids is 1. The molecule has 0 aliphatic rings. The topological polar surface area (TPSA) is 59.8 Å². The number of amides is 1. The van der Waals surface area contributed by atoms with E-state index in [1.54, 1.807) is 34.9 Å². The smallest absolute Gasteiger partial charge is 0.251 e. The number of hydrogen-bond acceptors (Lipinski definition) is 4. The van der Waals surface area contributed by atoms with Gasteiger partial charge in [-0.15, -0.1) is 10.2 Å². The Labute approximate surface area is 202 Å². The maximum Gasteiger partial charge on any atom is 0.251 e. The summed E-state index contributed by atoms with van der Waals surface area (Å²) in [5, 5.41) is 12.6. The first kappa shape index (κ1) is 23.2. The Morgan fingerprint density at radius 1 is 0.970 bits per heavy atom. The van der Waals surface area contributed by atoms with Crippen LogP contribution >= 0.6 is 35.0 Å². The summed E-state index contributed by atoms with van der Waals surface area (Å²) in [7, 11) is 0. The van der Waals surface area contributed by atoms with Crippen LogP contribution in [0.2, 0.25) is 10.0 Å². The number of hydrogen-bond donors (Lipinski definition) is 1. The molecule has 1 aromatic heterocycles. The molecule has 0 bridgehead atoms. The molecule has 3 aromatic carbocycles. The summed E-state index contributed by atoms with van der Waals surface area (Å²) in [6.07, 6.45) is 0. The second-order valence-electron chi connectivity index (χ2n) is 6.94. The molecule has 0 saturated carbocycles. The molecule has 0 spiro atoms. The van der Waals surface area contributed by atoms with E-state index in [0.29, 0.717) is 32.5 Å². The number of aromatic nitrogens is 3. The highest BCUT2D eigenvalue weighted by atomic mass is 35.5. The Balaban J connectivity index is 1.61. The average molecular weight is 505 g/mol. The van der Waals surface area contributed by atoms with E-state index < -0.39 is 11.7 Å². The van der Waals surface area contributed by atoms with Gasteiger partial charge in [0.15, 0.2) is 11.0 Å². The molecule has 1 N–H and O–H groups in total. The normalized spacial score (nSPS) is 10.9. The van der Waals surface area contributed by atoms with Crippen molar-refractivity contribution in [1.29, 1.82) is 0 Å². The lowest BCUT2D eigenvalue weighted by Crippen LogP contribution is -2.24. The number of benzene rings is 3. The van der Waals surface area contributed by atoms with Gasteiger partial charge in [-0.25, -0.2) is 8.78 Å². The van der Waals surface area contributed by atoms with Crippen LogP contribution in [0, 0.1) is 11.6 Å². The van der Waals surface area contributed by atoms with Crippen molar-refractivity contribution in [3.05, 3.63) is 105 Å². The minimum atomic E-state index is -0.504. The Bertz CT molecular complexity index is 1300. The first-order valence-corrected chi connectivity index (χ1v) is 11.5. The Morgan fingerprint density at radius 2 is 1.76 bits per heavy atom. The van der Waals surface area contributed by atoms with E-state index in [9.17, 15) is 13.6 Å². The maximum atomic E-state index is 13.5. The van der Waals surface area contributed by atoms with Crippen LogP contribution in [0.3, 0.4) is 0 Å². The molecule has 1 heterocycles. The first-order valence-electron chi connectivity index (χ1n) is 9.71. The maximum absolute atomic E-state index is 13.5. The summed E-state index contributed by atoms with van der Waals surface area (Å²) in [5.74, 6) is -0.357. The van der Waals surface area contributed by atoms with Gasteiger partial charge in [-0.1, -0.05) is 53.2 Å². The predicted octanol–water partition coefficient (Wildman–Crippen LogP) is 6.07. The zero-order valence-corrected chi connectivity index (χ0v) is 19.3. The number of carbonyl (C=O) groups is 1. The Kier molecular flexibility index (Phi) is 7.27. The number of thioether (sulfide) groups is 1. The van der Waals surface area contributed by atoms with Crippen molar-refractivity contribution in [3.8, 4) is 5.69 Å². The van der Waals surface area contributed by atoms with Crippen LogP contribution in [0.1, 0.15) is 21.7 Å². The molecular weight excluding hydrogens is 489 g/mol. The van der Waals surface area contributed by atoms with E-state index in [-0.39, 0.29) is 17.9 Å². The third kappa shape index (κ3) is 5.71. The van der Waals surface area contributed by atoms with Crippen LogP contribution in [0.5, 0.6) is 0 Å². The molecule has 5 nitrogen and oxygen atoms in total. The largest absolute Gasteiger partial charge is 0.345 e. The van der Waals surface area contributed by atoms with E-state index in [1.807, 2.05) is 0 Å². The van der Waals surface area contributed by atoms with Crippen molar-refractivity contribution in [1.82, 2.24) is 20.1 Å². The second kappa shape index (κ2) is 10.3. The van der Waals surface area contributed by atoms with Gasteiger partial charge in [0.1, 0.15) is 11.6 Å². The molecule has 0 aliphatic heterocycles. The fraction of sp³-hybridized carbons (Fsp3) is 0.0870. The van der Waals surface area contributed by atoms with E-state index in [2.05, 4.69) is 15.5 Å². The molecule has 0 aliphatic carbocycles. The molecule has 0 radical (unpaired) electrons. The highest BCUT2D eigenvalue weighted by Crippen LogP contribution is 2.31. The van der Waals surface area contributed by atoms with Gasteiger partial charge in [-0.05, 0) is 54.1 Å². The van der Waals surface area contributed by atoms with Gasteiger partial charge in [0.05, 0.1) is 17.3 Å². The lowest BCUT2D eigenvalue weighted by atomic mass is 10.2. The molecule has 0 unspecified atom stereocenters. The van der Waals surface area contributed by atoms with Gasteiger partial charge >= 0.3 is 0 Å². The zero-order valence-electron chi connectivity index (χ0n) is 16.9. The van der Waals surface area contributed by atoms with Crippen LogP contribution in [0.25, 0.3) is 5.69 Å². The second-order valence-corrected chi connectivity index (χ2v) is 8.72. The summed E-state index contributed by atoms with van der Waals surface area (Å²) in [6.45, 7) is 0.0162. The number of rotatable bonds is 7. The van der Waals surface area contributed by atoms with Crippen molar-refractivity contribution >= 4 is 40.9 Å². The third-order valence-electron chi connectivity index (χ3n) is 4.62. The van der Waals surface area contributed by atoms with Crippen LogP contribution < -0.4 is 5.32 Å². The third-order valence-corrected chi connectivity index (χ3v) is 6.18. The highest BCUT2D eigenvalue weighted by Gasteiger charge is 2.18. The lowest BCUT2D eigenvalue weighted by molar-refractivity contribution is 0.0949. The first-order chi connectivity index (χ1) is 15.9. The van der Waals surface area contributed by atoms with E-state index in [0.717, 1.165) is 11.6 Å². The summed E-state index contributed by atoms with van der Waals surface area (Å²) in [6, 6.07) is 16.5. The summed E-state index contributed by atoms with van der Waals surface area (Å²) < 4.78 is 28.4. The van der Waals surface area contributed by atoms with Crippen LogP contribution in [0.4, 0.5) is 8.78 Å². The molecule has 33 heavy (non-hydrogen) atoms. The monoisotopic (exact) mass is 504 g/mol. The predicted molar refractivity (Wildman–Crippen MR) is 125 cm³/mol. The van der Waals surface area contributed by atoms with Crippen LogP contribution in [0.15, 0.2) is 71.9 Å². The standard InChI is InChI=1S/C23H16Cl2F2N4OS/c24-16-6-9-19(25)20(11-16)31-21(12-28-22(32)15-2-1-3-18(27)10-15)29-30-23(31)33-13-14-4-7-17(26)8-5-14/h1-11H,12-13H2,(H,28,32). The van der Waals surface area contributed by atoms with Gasteiger partial charge in [-0.3, -0.25) is 9.36 Å². The summed E-state index contributed by atoms with van der Waals surface area (Å²) >= 11 is 14.0. The van der Waals surface area contributed by atoms with Gasteiger partial charge in [0.25, 0.3) is 5.91 Å². The van der Waals surface area contributed by atoms with E-state index >= 15 is 0 Å². The molecule has 4 rings (SSSR count). The Hall–Kier alpha value is -2.94. The molecule has 1 amide bonds. The number of nitrogens with one attached hydrogen (secondary N) is 1. The summed E-state index contributed by atoms with van der Waals surface area (Å²) in [5.41, 5.74) is 1.63. The number of nitrogens with zero attached hydrogens (tertiary/aromatic N) is 3. The molecule has 168 valence electrons. The SMILES string of the molecule is O=C(NCc1nnc(SCc2ccc(F)cc2)n1-c1cc(Cl)ccc1Cl)c1cccc(F)c1. The van der Waals surface area contributed by atoms with E-state index in [4.69, 9.17) is 23.2 Å². The molecule has 10 heteroatoms. The van der Waals surface area contributed by atoms with Crippen molar-refractivity contribution < 1.29 is 13.6 Å². The average Bonchev–Trinajstić information content (AvgIpc) is 3.21. The highest BCUT2D eigenvalue weighted by molar-refractivity contribution is 7.98. The molecule has 0 saturated heterocycles. The molecular formula is C23H16Cl2F2N4OS. The van der Waals surface area contributed by atoms with Gasteiger partial charge < -0.3 is 5.32 Å². The van der Waals surface area contributed by atoms with E-state index in [1.165, 1.54) is 42.1 Å². The van der Waals surface area contributed by atoms with Gasteiger partial charge in [0, 0.05) is 16.3 Å². The van der Waals surface area contributed by atoms with Crippen molar-refractivity contribution in [2.75, 3.05) is 0 Å². The molecule has 0 fully saturated rings. The van der Waals surface area contributed by atoms with Crippen molar-refractivity contribution in [2.24, 2.45) is 0 Å². The Morgan fingerprint density at radius 3 is 2.52 bits per heavy atom. The summed E-state index contributed by atoms with van der Waals surface area (Å²) in [4.78, 5) is 12.5. The fourth-order valence-electron chi connectivity index (χ4n) is 3.03. The molecule has 4 aromatic rings. The minimum Gasteiger partial charge on any atom is -0.345 e. The quantitative estimate of drug-likeness (QED) is 0.310. The van der Waals surface area contributed by atoms with Crippen molar-refractivity contribution in [2.45, 2.75) is 17.5 Å². The molecule has 0 atom stereocenters. The van der Waals surface area contributed by atoms with Crippen LogP contribution in [-0.4, -0.2) is 20.7 Å². The van der Waals surface area contributed by atoms with Crippen molar-refractivity contribution in [3.63, 3.8) is 0 Å². The zero-order chi connectivity index (χ0) is 23.4. The lowest BCUT2D eigenvalue weighted by Gasteiger charge is -2.13. The van der Waals surface area contributed by atoms with Crippen LogP contribution in [-0.2, 0) is 12.3 Å². The van der Waals surface area contributed by atoms with Gasteiger partial charge in [0.2, 0.25) is 0 Å². The number of halogens is 4. The fourth-order valence-corrected chi connectivity index (χ4v) is 4.32. The minimum absolute atomic E-state index is 0.0162.